The lowest BCUT2D eigenvalue weighted by Crippen LogP contribution is -2.38. The number of methoxy groups -OCH3 is 2. The summed E-state index contributed by atoms with van der Waals surface area (Å²) in [7, 11) is 3.44. The molecule has 1 fully saturated rings. The maximum atomic E-state index is 5.45. The second kappa shape index (κ2) is 7.53. The molecule has 0 aliphatic carbocycles. The Kier molecular flexibility index (Phi) is 5.72. The van der Waals surface area contributed by atoms with Crippen molar-refractivity contribution in [1.82, 2.24) is 5.32 Å². The molecule has 1 aromatic carbocycles. The summed E-state index contributed by atoms with van der Waals surface area (Å²) < 4.78 is 10.8. The molecule has 112 valence electrons. The molecule has 0 aromatic heterocycles. The van der Waals surface area contributed by atoms with Gasteiger partial charge in [-0.25, -0.2) is 0 Å². The number of benzene rings is 1. The maximum Gasteiger partial charge on any atom is 0.122 e. The number of hydrogen-bond donors (Lipinski definition) is 1. The predicted octanol–water partition coefficient (Wildman–Crippen LogP) is 3.41. The van der Waals surface area contributed by atoms with E-state index in [-0.39, 0.29) is 0 Å². The standard InChI is InChI=1S/C17H27NO2/c1-4-13-9-10-18-15(11-13)6-5-14-12-16(19-2)7-8-17(14)20-3/h7-8,12-13,15,18H,4-6,9-11H2,1-3H3. The first kappa shape index (κ1) is 15.2. The zero-order chi connectivity index (χ0) is 14.4. The van der Waals surface area contributed by atoms with Gasteiger partial charge in [-0.3, -0.25) is 0 Å². The summed E-state index contributed by atoms with van der Waals surface area (Å²) in [6, 6.07) is 6.69. The third-order valence-electron chi connectivity index (χ3n) is 4.43. The predicted molar refractivity (Wildman–Crippen MR) is 82.7 cm³/mol. The van der Waals surface area contributed by atoms with Gasteiger partial charge < -0.3 is 14.8 Å². The summed E-state index contributed by atoms with van der Waals surface area (Å²) in [5, 5.41) is 3.65. The van der Waals surface area contributed by atoms with E-state index < -0.39 is 0 Å². The van der Waals surface area contributed by atoms with Gasteiger partial charge in [0.25, 0.3) is 0 Å². The Morgan fingerprint density at radius 2 is 2.10 bits per heavy atom. The van der Waals surface area contributed by atoms with E-state index in [1.54, 1.807) is 14.2 Å². The third kappa shape index (κ3) is 3.89. The van der Waals surface area contributed by atoms with Crippen molar-refractivity contribution in [1.29, 1.82) is 0 Å². The van der Waals surface area contributed by atoms with Gasteiger partial charge in [0, 0.05) is 6.04 Å². The van der Waals surface area contributed by atoms with Crippen LogP contribution in [0.15, 0.2) is 18.2 Å². The van der Waals surface area contributed by atoms with E-state index in [4.69, 9.17) is 9.47 Å². The van der Waals surface area contributed by atoms with Crippen molar-refractivity contribution in [3.05, 3.63) is 23.8 Å². The van der Waals surface area contributed by atoms with Crippen LogP contribution >= 0.6 is 0 Å². The van der Waals surface area contributed by atoms with Gasteiger partial charge in [-0.1, -0.05) is 13.3 Å². The van der Waals surface area contributed by atoms with Crippen LogP contribution in [0.1, 0.15) is 38.2 Å². The smallest absolute Gasteiger partial charge is 0.122 e. The zero-order valence-electron chi connectivity index (χ0n) is 12.9. The normalized spacial score (nSPS) is 22.6. The molecule has 20 heavy (non-hydrogen) atoms. The average Bonchev–Trinajstić information content (AvgIpc) is 2.52. The summed E-state index contributed by atoms with van der Waals surface area (Å²) in [6.45, 7) is 3.47. The first-order chi connectivity index (χ1) is 9.76. The maximum absolute atomic E-state index is 5.45. The molecule has 0 saturated carbocycles. The van der Waals surface area contributed by atoms with Crippen molar-refractivity contribution in [2.75, 3.05) is 20.8 Å². The van der Waals surface area contributed by atoms with Gasteiger partial charge in [0.1, 0.15) is 11.5 Å². The highest BCUT2D eigenvalue weighted by Gasteiger charge is 2.20. The molecule has 1 N–H and O–H groups in total. The van der Waals surface area contributed by atoms with Gasteiger partial charge in [-0.05, 0) is 61.9 Å². The fourth-order valence-corrected chi connectivity index (χ4v) is 3.09. The number of nitrogens with one attached hydrogen (secondary N) is 1. The van der Waals surface area contributed by atoms with Crippen molar-refractivity contribution in [3.8, 4) is 11.5 Å². The Morgan fingerprint density at radius 1 is 1.25 bits per heavy atom. The fourth-order valence-electron chi connectivity index (χ4n) is 3.09. The van der Waals surface area contributed by atoms with E-state index in [2.05, 4.69) is 18.3 Å². The van der Waals surface area contributed by atoms with Crippen molar-refractivity contribution in [2.24, 2.45) is 5.92 Å². The van der Waals surface area contributed by atoms with Crippen molar-refractivity contribution < 1.29 is 9.47 Å². The van der Waals surface area contributed by atoms with Crippen LogP contribution in [-0.2, 0) is 6.42 Å². The fraction of sp³-hybridized carbons (Fsp3) is 0.647. The minimum absolute atomic E-state index is 0.643. The largest absolute Gasteiger partial charge is 0.497 e. The van der Waals surface area contributed by atoms with Crippen LogP contribution in [0.5, 0.6) is 11.5 Å². The van der Waals surface area contributed by atoms with Crippen LogP contribution in [0.4, 0.5) is 0 Å². The van der Waals surface area contributed by atoms with Gasteiger partial charge in [-0.2, -0.15) is 0 Å². The second-order valence-corrected chi connectivity index (χ2v) is 5.67. The minimum atomic E-state index is 0.643. The molecule has 0 amide bonds. The van der Waals surface area contributed by atoms with Crippen molar-refractivity contribution in [3.63, 3.8) is 0 Å². The van der Waals surface area contributed by atoms with Gasteiger partial charge in [-0.15, -0.1) is 0 Å². The van der Waals surface area contributed by atoms with Crippen LogP contribution in [0.3, 0.4) is 0 Å². The summed E-state index contributed by atoms with van der Waals surface area (Å²) in [5.74, 6) is 2.77. The molecule has 1 heterocycles. The summed E-state index contributed by atoms with van der Waals surface area (Å²) in [5.41, 5.74) is 1.24. The molecule has 0 spiro atoms. The average molecular weight is 277 g/mol. The molecule has 0 bridgehead atoms. The molecule has 2 rings (SSSR count). The number of rotatable bonds is 6. The van der Waals surface area contributed by atoms with Crippen molar-refractivity contribution >= 4 is 0 Å². The summed E-state index contributed by atoms with van der Waals surface area (Å²) in [4.78, 5) is 0. The van der Waals surface area contributed by atoms with E-state index in [1.807, 2.05) is 12.1 Å². The van der Waals surface area contributed by atoms with E-state index >= 15 is 0 Å². The first-order valence-corrected chi connectivity index (χ1v) is 7.71. The Bertz CT molecular complexity index is 419. The zero-order valence-corrected chi connectivity index (χ0v) is 12.9. The molecule has 3 heteroatoms. The molecule has 2 unspecified atom stereocenters. The lowest BCUT2D eigenvalue weighted by atomic mass is 9.88. The highest BCUT2D eigenvalue weighted by Crippen LogP contribution is 2.27. The van der Waals surface area contributed by atoms with E-state index in [9.17, 15) is 0 Å². The topological polar surface area (TPSA) is 30.5 Å². The molecular weight excluding hydrogens is 250 g/mol. The molecule has 1 aromatic rings. The second-order valence-electron chi connectivity index (χ2n) is 5.67. The molecule has 0 radical (unpaired) electrons. The van der Waals surface area contributed by atoms with Crippen LogP contribution < -0.4 is 14.8 Å². The molecular formula is C17H27NO2. The Labute approximate surface area is 122 Å². The first-order valence-electron chi connectivity index (χ1n) is 7.71. The summed E-state index contributed by atoms with van der Waals surface area (Å²) in [6.07, 6.45) is 6.15. The van der Waals surface area contributed by atoms with Crippen LogP contribution in [0, 0.1) is 5.92 Å². The number of ether oxygens (including phenoxy) is 2. The van der Waals surface area contributed by atoms with Gasteiger partial charge in [0.2, 0.25) is 0 Å². The number of piperidine rings is 1. The summed E-state index contributed by atoms with van der Waals surface area (Å²) >= 11 is 0. The van der Waals surface area contributed by atoms with Crippen LogP contribution in [-0.4, -0.2) is 26.8 Å². The third-order valence-corrected chi connectivity index (χ3v) is 4.43. The molecule has 1 saturated heterocycles. The molecule has 1 aliphatic rings. The highest BCUT2D eigenvalue weighted by atomic mass is 16.5. The highest BCUT2D eigenvalue weighted by molar-refractivity contribution is 5.40. The monoisotopic (exact) mass is 277 g/mol. The molecule has 1 aliphatic heterocycles. The minimum Gasteiger partial charge on any atom is -0.497 e. The number of hydrogen-bond acceptors (Lipinski definition) is 3. The SMILES string of the molecule is CCC1CCNC(CCc2cc(OC)ccc2OC)C1. The Hall–Kier alpha value is -1.22. The van der Waals surface area contributed by atoms with Crippen LogP contribution in [0.2, 0.25) is 0 Å². The van der Waals surface area contributed by atoms with Gasteiger partial charge >= 0.3 is 0 Å². The Balaban J connectivity index is 1.95. The van der Waals surface area contributed by atoms with E-state index in [0.29, 0.717) is 6.04 Å². The lowest BCUT2D eigenvalue weighted by molar-refractivity contribution is 0.284. The van der Waals surface area contributed by atoms with E-state index in [1.165, 1.54) is 37.8 Å². The van der Waals surface area contributed by atoms with Gasteiger partial charge in [0.05, 0.1) is 14.2 Å². The van der Waals surface area contributed by atoms with Crippen molar-refractivity contribution in [2.45, 2.75) is 45.1 Å². The molecule has 3 nitrogen and oxygen atoms in total. The lowest BCUT2D eigenvalue weighted by Gasteiger charge is -2.30. The van der Waals surface area contributed by atoms with Gasteiger partial charge in [0.15, 0.2) is 0 Å². The molecule has 2 atom stereocenters. The van der Waals surface area contributed by atoms with E-state index in [0.717, 1.165) is 23.8 Å². The Morgan fingerprint density at radius 3 is 2.80 bits per heavy atom. The number of aryl methyl sites for hydroxylation is 1. The van der Waals surface area contributed by atoms with Crippen LogP contribution in [0.25, 0.3) is 0 Å². The quantitative estimate of drug-likeness (QED) is 0.864.